The minimum absolute atomic E-state index is 0.0175. The van der Waals surface area contributed by atoms with Gasteiger partial charge in [-0.05, 0) is 11.6 Å². The average Bonchev–Trinajstić information content (AvgIpc) is 2.92. The molecule has 0 unspecified atom stereocenters. The van der Waals surface area contributed by atoms with Crippen LogP contribution in [0, 0.1) is 0 Å². The van der Waals surface area contributed by atoms with Gasteiger partial charge in [-0.2, -0.15) is 13.2 Å². The average molecular weight is 324 g/mol. The Labute approximate surface area is 130 Å². The van der Waals surface area contributed by atoms with Crippen LogP contribution >= 0.6 is 0 Å². The zero-order valence-electron chi connectivity index (χ0n) is 12.3. The number of carbonyl (C=O) groups is 2. The van der Waals surface area contributed by atoms with Crippen LogP contribution in [-0.4, -0.2) is 28.5 Å². The molecule has 122 valence electrons. The molecule has 0 saturated heterocycles. The molecule has 23 heavy (non-hydrogen) atoms. The number of ketones is 1. The lowest BCUT2D eigenvalue weighted by atomic mass is 9.99. The zero-order valence-corrected chi connectivity index (χ0v) is 12.3. The number of carbonyl (C=O) groups excluding carboxylic acids is 2. The van der Waals surface area contributed by atoms with Crippen molar-refractivity contribution in [1.29, 1.82) is 0 Å². The largest absolute Gasteiger partial charge is 0.471 e. The third kappa shape index (κ3) is 4.45. The van der Waals surface area contributed by atoms with Crippen molar-refractivity contribution in [3.05, 3.63) is 59.9 Å². The van der Waals surface area contributed by atoms with E-state index in [-0.39, 0.29) is 12.0 Å². The highest BCUT2D eigenvalue weighted by Crippen LogP contribution is 2.17. The van der Waals surface area contributed by atoms with E-state index in [0.717, 1.165) is 0 Å². The van der Waals surface area contributed by atoms with Crippen LogP contribution in [0.15, 0.2) is 48.8 Å². The summed E-state index contributed by atoms with van der Waals surface area (Å²) < 4.78 is 39.1. The van der Waals surface area contributed by atoms with Gasteiger partial charge in [-0.15, -0.1) is 0 Å². The maximum atomic E-state index is 12.5. The van der Waals surface area contributed by atoms with Crippen LogP contribution in [0.2, 0.25) is 0 Å². The van der Waals surface area contributed by atoms with Crippen LogP contribution in [0.4, 0.5) is 13.2 Å². The van der Waals surface area contributed by atoms with Crippen LogP contribution in [0.25, 0.3) is 0 Å². The molecule has 1 amide bonds. The van der Waals surface area contributed by atoms with E-state index in [4.69, 9.17) is 0 Å². The fourth-order valence-electron chi connectivity index (χ4n) is 2.15. The molecule has 4 nitrogen and oxygen atoms in total. The third-order valence-electron chi connectivity index (χ3n) is 3.28. The first-order valence-electron chi connectivity index (χ1n) is 6.85. The molecule has 0 fully saturated rings. The Bertz CT molecular complexity index is 693. The molecule has 1 N–H and O–H groups in total. The summed E-state index contributed by atoms with van der Waals surface area (Å²) in [4.78, 5) is 23.6. The monoisotopic (exact) mass is 324 g/mol. The van der Waals surface area contributed by atoms with Gasteiger partial charge in [0, 0.05) is 31.4 Å². The van der Waals surface area contributed by atoms with Crippen molar-refractivity contribution in [2.75, 3.05) is 0 Å². The van der Waals surface area contributed by atoms with Gasteiger partial charge in [-0.25, -0.2) is 0 Å². The summed E-state index contributed by atoms with van der Waals surface area (Å²) in [7, 11) is 1.69. The molecule has 1 atom stereocenters. The van der Waals surface area contributed by atoms with E-state index < -0.39 is 23.9 Å². The predicted octanol–water partition coefficient (Wildman–Crippen LogP) is 2.50. The van der Waals surface area contributed by atoms with Gasteiger partial charge in [-0.3, -0.25) is 9.59 Å². The second-order valence-corrected chi connectivity index (χ2v) is 5.14. The van der Waals surface area contributed by atoms with Crippen LogP contribution in [0.3, 0.4) is 0 Å². The van der Waals surface area contributed by atoms with E-state index in [2.05, 4.69) is 0 Å². The van der Waals surface area contributed by atoms with Crippen molar-refractivity contribution in [3.63, 3.8) is 0 Å². The fourth-order valence-corrected chi connectivity index (χ4v) is 2.15. The van der Waals surface area contributed by atoms with Crippen molar-refractivity contribution in [1.82, 2.24) is 9.88 Å². The van der Waals surface area contributed by atoms with Crippen molar-refractivity contribution in [2.24, 2.45) is 7.05 Å². The summed E-state index contributed by atoms with van der Waals surface area (Å²) in [5.74, 6) is -2.69. The summed E-state index contributed by atoms with van der Waals surface area (Å²) in [5.41, 5.74) is 0.903. The lowest BCUT2D eigenvalue weighted by Gasteiger charge is -2.18. The van der Waals surface area contributed by atoms with E-state index >= 15 is 0 Å². The van der Waals surface area contributed by atoms with E-state index in [9.17, 15) is 22.8 Å². The van der Waals surface area contributed by atoms with Crippen LogP contribution < -0.4 is 5.32 Å². The lowest BCUT2D eigenvalue weighted by Crippen LogP contribution is -2.47. The minimum Gasteiger partial charge on any atom is -0.357 e. The number of rotatable bonds is 5. The first kappa shape index (κ1) is 16.8. The van der Waals surface area contributed by atoms with Gasteiger partial charge >= 0.3 is 12.1 Å². The van der Waals surface area contributed by atoms with E-state index in [1.165, 1.54) is 12.3 Å². The van der Waals surface area contributed by atoms with Crippen LogP contribution in [0.1, 0.15) is 15.9 Å². The minimum atomic E-state index is -5.04. The van der Waals surface area contributed by atoms with E-state index in [1.54, 1.807) is 53.5 Å². The number of aryl methyl sites for hydroxylation is 1. The Hall–Kier alpha value is -2.57. The van der Waals surface area contributed by atoms with E-state index in [1.807, 2.05) is 0 Å². The van der Waals surface area contributed by atoms with Crippen LogP contribution in [-0.2, 0) is 18.3 Å². The molecule has 0 aliphatic carbocycles. The Kier molecular flexibility index (Phi) is 4.88. The molecule has 0 saturated carbocycles. The number of hydrogen-bond acceptors (Lipinski definition) is 2. The normalized spacial score (nSPS) is 12.7. The SMILES string of the molecule is Cn1ccc(C(=O)[C@H](Cc2ccccc2)NC(=O)C(F)(F)F)c1. The van der Waals surface area contributed by atoms with Crippen molar-refractivity contribution in [3.8, 4) is 0 Å². The molecular formula is C16H15F3N2O2. The number of halogens is 3. The van der Waals surface area contributed by atoms with Gasteiger partial charge in [0.1, 0.15) is 0 Å². The summed E-state index contributed by atoms with van der Waals surface area (Å²) >= 11 is 0. The quantitative estimate of drug-likeness (QED) is 0.859. The molecule has 1 aromatic heterocycles. The number of benzene rings is 1. The second-order valence-electron chi connectivity index (χ2n) is 5.14. The molecular weight excluding hydrogens is 309 g/mol. The number of aromatic nitrogens is 1. The number of alkyl halides is 3. The standard InChI is InChI=1S/C16H15F3N2O2/c1-21-8-7-12(10-21)14(22)13(20-15(23)16(17,18)19)9-11-5-3-2-4-6-11/h2-8,10,13H,9H2,1H3,(H,20,23)/t13-/m0/s1. The molecule has 0 spiro atoms. The van der Waals surface area contributed by atoms with Gasteiger partial charge in [0.15, 0.2) is 5.78 Å². The summed E-state index contributed by atoms with van der Waals surface area (Å²) in [5, 5.41) is 1.79. The molecule has 0 bridgehead atoms. The molecule has 2 aromatic rings. The van der Waals surface area contributed by atoms with Gasteiger partial charge in [-0.1, -0.05) is 30.3 Å². The van der Waals surface area contributed by atoms with Crippen LogP contribution in [0.5, 0.6) is 0 Å². The van der Waals surface area contributed by atoms with E-state index in [0.29, 0.717) is 5.56 Å². The van der Waals surface area contributed by atoms with Gasteiger partial charge in [0.25, 0.3) is 0 Å². The Balaban J connectivity index is 2.23. The number of amides is 1. The van der Waals surface area contributed by atoms with Gasteiger partial charge in [0.05, 0.1) is 6.04 Å². The Morgan fingerprint density at radius 1 is 1.17 bits per heavy atom. The first-order valence-corrected chi connectivity index (χ1v) is 6.85. The van der Waals surface area contributed by atoms with Crippen molar-refractivity contribution in [2.45, 2.75) is 18.6 Å². The molecule has 1 aromatic carbocycles. The number of nitrogens with zero attached hydrogens (tertiary/aromatic N) is 1. The number of hydrogen-bond donors (Lipinski definition) is 1. The zero-order chi connectivity index (χ0) is 17.0. The molecule has 2 rings (SSSR count). The smallest absolute Gasteiger partial charge is 0.357 e. The second kappa shape index (κ2) is 6.68. The molecule has 0 radical (unpaired) electrons. The summed E-state index contributed by atoms with van der Waals surface area (Å²) in [6.45, 7) is 0. The first-order chi connectivity index (χ1) is 10.8. The molecule has 1 heterocycles. The van der Waals surface area contributed by atoms with Crippen molar-refractivity contribution < 1.29 is 22.8 Å². The summed E-state index contributed by atoms with van der Waals surface area (Å²) in [6, 6.07) is 8.77. The molecule has 0 aliphatic rings. The highest BCUT2D eigenvalue weighted by molar-refractivity contribution is 6.02. The fraction of sp³-hybridized carbons (Fsp3) is 0.250. The predicted molar refractivity (Wildman–Crippen MR) is 77.9 cm³/mol. The van der Waals surface area contributed by atoms with Gasteiger partial charge < -0.3 is 9.88 Å². The van der Waals surface area contributed by atoms with Crippen molar-refractivity contribution >= 4 is 11.7 Å². The van der Waals surface area contributed by atoms with Gasteiger partial charge in [0.2, 0.25) is 0 Å². The highest BCUT2D eigenvalue weighted by atomic mass is 19.4. The summed E-state index contributed by atoms with van der Waals surface area (Å²) in [6.07, 6.45) is -1.94. The molecule has 0 aliphatic heterocycles. The lowest BCUT2D eigenvalue weighted by molar-refractivity contribution is -0.174. The molecule has 7 heteroatoms. The number of nitrogens with one attached hydrogen (secondary N) is 1. The highest BCUT2D eigenvalue weighted by Gasteiger charge is 2.40. The maximum absolute atomic E-state index is 12.5. The maximum Gasteiger partial charge on any atom is 0.471 e. The number of Topliss-reactive ketones (excluding diaryl/α,β-unsaturated/α-hetero) is 1. The topological polar surface area (TPSA) is 51.1 Å². The third-order valence-corrected chi connectivity index (χ3v) is 3.28. The Morgan fingerprint density at radius 2 is 1.83 bits per heavy atom. The Morgan fingerprint density at radius 3 is 2.35 bits per heavy atom.